The molecule has 0 aromatic heterocycles. The Hall–Kier alpha value is -0.170. The maximum absolute atomic E-state index is 4.02. The molecule has 0 saturated carbocycles. The number of hydrogen-bond acceptors (Lipinski definition) is 1. The van der Waals surface area contributed by atoms with Crippen molar-refractivity contribution < 1.29 is 11.0 Å². The van der Waals surface area contributed by atoms with E-state index in [0.717, 1.165) is 24.5 Å². The third-order valence-electron chi connectivity index (χ3n) is 2.00. The SMILES string of the molecule is CC(C)CC#CCCC(C)(C)C.CC(C)CS.O.O. The van der Waals surface area contributed by atoms with E-state index in [0.29, 0.717) is 11.3 Å². The molecule has 3 heteroatoms. The van der Waals surface area contributed by atoms with Crippen LogP contribution < -0.4 is 0 Å². The standard InChI is InChI=1S/C12H22.C4H10S.2H2O/c1-11(2)9-7-6-8-10-12(3,4)5;1-4(2)3-5;;/h11H,8-10H2,1-5H3;4-5H,3H2,1-2H3;2*1H2. The average Bonchev–Trinajstić information content (AvgIpc) is 2.16. The highest BCUT2D eigenvalue weighted by molar-refractivity contribution is 7.80. The summed E-state index contributed by atoms with van der Waals surface area (Å²) in [7, 11) is 0. The van der Waals surface area contributed by atoms with Crippen molar-refractivity contribution in [2.75, 3.05) is 5.75 Å². The Morgan fingerprint density at radius 1 is 0.895 bits per heavy atom. The van der Waals surface area contributed by atoms with E-state index in [1.165, 1.54) is 6.42 Å². The smallest absolute Gasteiger partial charge is 0.0112 e. The van der Waals surface area contributed by atoms with Gasteiger partial charge < -0.3 is 11.0 Å². The predicted octanol–water partition coefficient (Wildman–Crippen LogP) is 3.79. The Bertz CT molecular complexity index is 219. The van der Waals surface area contributed by atoms with Crippen LogP contribution in [-0.4, -0.2) is 16.7 Å². The lowest BCUT2D eigenvalue weighted by molar-refractivity contribution is 0.384. The lowest BCUT2D eigenvalue weighted by Crippen LogP contribution is -2.03. The average molecular weight is 293 g/mol. The minimum atomic E-state index is 0. The Labute approximate surface area is 126 Å². The van der Waals surface area contributed by atoms with Gasteiger partial charge in [-0.2, -0.15) is 12.6 Å². The van der Waals surface area contributed by atoms with Crippen LogP contribution in [0.3, 0.4) is 0 Å². The number of hydrogen-bond donors (Lipinski definition) is 1. The van der Waals surface area contributed by atoms with Crippen molar-refractivity contribution in [1.82, 2.24) is 0 Å². The van der Waals surface area contributed by atoms with Crippen LogP contribution in [0.25, 0.3) is 0 Å². The second kappa shape index (κ2) is 15.9. The summed E-state index contributed by atoms with van der Waals surface area (Å²) in [5.41, 5.74) is 0.437. The van der Waals surface area contributed by atoms with Crippen molar-refractivity contribution in [2.45, 2.75) is 67.7 Å². The second-order valence-electron chi connectivity index (χ2n) is 6.59. The fraction of sp³-hybridized carbons (Fsp3) is 0.875. The molecule has 0 rings (SSSR count). The monoisotopic (exact) mass is 292 g/mol. The van der Waals surface area contributed by atoms with E-state index in [1.54, 1.807) is 0 Å². The van der Waals surface area contributed by atoms with Crippen LogP contribution >= 0.6 is 12.6 Å². The first-order valence-electron chi connectivity index (χ1n) is 6.75. The van der Waals surface area contributed by atoms with Gasteiger partial charge in [0.15, 0.2) is 0 Å². The lowest BCUT2D eigenvalue weighted by Gasteiger charge is -2.15. The van der Waals surface area contributed by atoms with E-state index in [-0.39, 0.29) is 11.0 Å². The van der Waals surface area contributed by atoms with Crippen molar-refractivity contribution in [1.29, 1.82) is 0 Å². The minimum absolute atomic E-state index is 0. The van der Waals surface area contributed by atoms with Crippen LogP contribution in [0.2, 0.25) is 0 Å². The summed E-state index contributed by atoms with van der Waals surface area (Å²) in [5.74, 6) is 8.89. The summed E-state index contributed by atoms with van der Waals surface area (Å²) < 4.78 is 0. The minimum Gasteiger partial charge on any atom is -0.412 e. The molecule has 0 aliphatic heterocycles. The van der Waals surface area contributed by atoms with Crippen molar-refractivity contribution in [3.63, 3.8) is 0 Å². The number of thiol groups is 1. The molecule has 0 amide bonds. The molecule has 0 aromatic rings. The Balaban J connectivity index is -0.000000139. The Kier molecular flexibility index (Phi) is 22.8. The zero-order valence-electron chi connectivity index (χ0n) is 13.9. The molecule has 0 aliphatic rings. The largest absolute Gasteiger partial charge is 0.412 e. The molecular weight excluding hydrogens is 256 g/mol. The molecule has 0 spiro atoms. The lowest BCUT2D eigenvalue weighted by atomic mass is 9.91. The molecule has 0 bridgehead atoms. The quantitative estimate of drug-likeness (QED) is 0.608. The van der Waals surface area contributed by atoms with Crippen LogP contribution in [0.1, 0.15) is 67.7 Å². The first-order valence-corrected chi connectivity index (χ1v) is 7.39. The van der Waals surface area contributed by atoms with Gasteiger partial charge in [0.1, 0.15) is 0 Å². The van der Waals surface area contributed by atoms with E-state index >= 15 is 0 Å². The summed E-state index contributed by atoms with van der Waals surface area (Å²) >= 11 is 4.02. The van der Waals surface area contributed by atoms with Crippen LogP contribution in [0.15, 0.2) is 0 Å². The van der Waals surface area contributed by atoms with Gasteiger partial charge in [-0.15, -0.1) is 11.8 Å². The van der Waals surface area contributed by atoms with Gasteiger partial charge in [-0.3, -0.25) is 0 Å². The summed E-state index contributed by atoms with van der Waals surface area (Å²) in [6.45, 7) is 15.5. The molecule has 0 atom stereocenters. The molecular formula is C16H36O2S. The van der Waals surface area contributed by atoms with Gasteiger partial charge in [0.05, 0.1) is 0 Å². The Morgan fingerprint density at radius 2 is 1.32 bits per heavy atom. The van der Waals surface area contributed by atoms with E-state index in [2.05, 4.69) is 72.9 Å². The molecule has 0 aromatic carbocycles. The third kappa shape index (κ3) is 38.1. The van der Waals surface area contributed by atoms with Gasteiger partial charge in [-0.05, 0) is 29.4 Å². The molecule has 0 heterocycles. The fourth-order valence-electron chi connectivity index (χ4n) is 0.802. The molecule has 19 heavy (non-hydrogen) atoms. The maximum atomic E-state index is 4.02. The topological polar surface area (TPSA) is 63.0 Å². The first kappa shape index (κ1) is 27.2. The van der Waals surface area contributed by atoms with Gasteiger partial charge in [-0.25, -0.2) is 0 Å². The molecule has 0 unspecified atom stereocenters. The van der Waals surface area contributed by atoms with E-state index in [4.69, 9.17) is 0 Å². The van der Waals surface area contributed by atoms with Crippen LogP contribution in [-0.2, 0) is 0 Å². The zero-order chi connectivity index (χ0) is 13.9. The van der Waals surface area contributed by atoms with Gasteiger partial charge >= 0.3 is 0 Å². The summed E-state index contributed by atoms with van der Waals surface area (Å²) in [6, 6.07) is 0. The molecule has 2 nitrogen and oxygen atoms in total. The van der Waals surface area contributed by atoms with Gasteiger partial charge in [0.2, 0.25) is 0 Å². The molecule has 0 fully saturated rings. The van der Waals surface area contributed by atoms with Crippen LogP contribution in [0, 0.1) is 29.1 Å². The highest BCUT2D eigenvalue weighted by Gasteiger charge is 2.07. The molecule has 0 aliphatic carbocycles. The second-order valence-corrected chi connectivity index (χ2v) is 6.95. The molecule has 118 valence electrons. The van der Waals surface area contributed by atoms with E-state index in [1.807, 2.05) is 0 Å². The summed E-state index contributed by atoms with van der Waals surface area (Å²) in [5, 5.41) is 0. The molecule has 0 radical (unpaired) electrons. The van der Waals surface area contributed by atoms with E-state index < -0.39 is 0 Å². The van der Waals surface area contributed by atoms with Gasteiger partial charge in [-0.1, -0.05) is 48.5 Å². The van der Waals surface area contributed by atoms with E-state index in [9.17, 15) is 0 Å². The highest BCUT2D eigenvalue weighted by Crippen LogP contribution is 2.19. The fourth-order valence-corrected chi connectivity index (χ4v) is 0.802. The van der Waals surface area contributed by atoms with Crippen molar-refractivity contribution in [3.8, 4) is 11.8 Å². The summed E-state index contributed by atoms with van der Waals surface area (Å²) in [4.78, 5) is 0. The van der Waals surface area contributed by atoms with Crippen molar-refractivity contribution >= 4 is 12.6 Å². The summed E-state index contributed by atoms with van der Waals surface area (Å²) in [6.07, 6.45) is 3.30. The molecule has 0 saturated heterocycles. The van der Waals surface area contributed by atoms with Crippen LogP contribution in [0.4, 0.5) is 0 Å². The van der Waals surface area contributed by atoms with Crippen LogP contribution in [0.5, 0.6) is 0 Å². The predicted molar refractivity (Wildman–Crippen MR) is 91.8 cm³/mol. The maximum Gasteiger partial charge on any atom is 0.0112 e. The highest BCUT2D eigenvalue weighted by atomic mass is 32.1. The van der Waals surface area contributed by atoms with Gasteiger partial charge in [0, 0.05) is 12.8 Å². The Morgan fingerprint density at radius 3 is 1.58 bits per heavy atom. The third-order valence-corrected chi connectivity index (χ3v) is 2.73. The van der Waals surface area contributed by atoms with Crippen molar-refractivity contribution in [2.24, 2.45) is 17.3 Å². The number of rotatable bonds is 3. The zero-order valence-corrected chi connectivity index (χ0v) is 14.8. The van der Waals surface area contributed by atoms with Crippen molar-refractivity contribution in [3.05, 3.63) is 0 Å². The first-order chi connectivity index (χ1) is 7.69. The normalized spacial score (nSPS) is 9.58. The molecule has 4 N–H and O–H groups in total. The van der Waals surface area contributed by atoms with Gasteiger partial charge in [0.25, 0.3) is 0 Å².